The van der Waals surface area contributed by atoms with E-state index in [1.54, 1.807) is 18.2 Å². The predicted octanol–water partition coefficient (Wildman–Crippen LogP) is 4.79. The monoisotopic (exact) mass is 495 g/mol. The zero-order chi connectivity index (χ0) is 25.3. The Balaban J connectivity index is 1.29. The third kappa shape index (κ3) is 4.74. The Labute approximate surface area is 212 Å². The molecule has 1 saturated heterocycles. The molecule has 0 radical (unpaired) electrons. The zero-order valence-electron chi connectivity index (χ0n) is 21.3. The van der Waals surface area contributed by atoms with Crippen molar-refractivity contribution in [1.29, 1.82) is 0 Å². The first kappa shape index (κ1) is 25.1. The summed E-state index contributed by atoms with van der Waals surface area (Å²) in [5.41, 5.74) is -1.22. The number of carbonyl (C=O) groups excluding carboxylic acids is 1. The molecular formula is C29H38FN3O3. The molecule has 2 aliphatic carbocycles. The highest BCUT2D eigenvalue weighted by Crippen LogP contribution is 2.54. The number of carbonyl (C=O) groups is 1. The third-order valence-electron chi connectivity index (χ3n) is 9.19. The molecule has 6 nitrogen and oxygen atoms in total. The number of benzene rings is 1. The number of aliphatic hydroxyl groups is 1. The fourth-order valence-corrected chi connectivity index (χ4v) is 6.82. The minimum Gasteiger partial charge on any atom is -0.387 e. The second kappa shape index (κ2) is 10.1. The number of likely N-dealkylation sites (tertiary alicyclic amines) is 1. The van der Waals surface area contributed by atoms with Gasteiger partial charge in [-0.3, -0.25) is 14.2 Å². The van der Waals surface area contributed by atoms with E-state index in [9.17, 15) is 19.1 Å². The Kier molecular flexibility index (Phi) is 7.03. The molecule has 2 aromatic rings. The van der Waals surface area contributed by atoms with Crippen LogP contribution in [0.2, 0.25) is 0 Å². The Morgan fingerprint density at radius 3 is 2.58 bits per heavy atom. The molecule has 3 fully saturated rings. The topological polar surface area (TPSA) is 75.4 Å². The molecule has 194 valence electrons. The SMILES string of the molecule is CC(CC1CCCCC1)C(=O)N1CC[C@@](O)(Cn2cnc(-c3ccccc3F)cc2=O)C2(CCC2)C1. The van der Waals surface area contributed by atoms with Crippen LogP contribution in [0.5, 0.6) is 0 Å². The van der Waals surface area contributed by atoms with Crippen molar-refractivity contribution >= 4 is 5.91 Å². The van der Waals surface area contributed by atoms with E-state index in [1.165, 1.54) is 55.1 Å². The molecule has 1 aromatic heterocycles. The Bertz CT molecular complexity index is 1150. The molecule has 1 aromatic carbocycles. The summed E-state index contributed by atoms with van der Waals surface area (Å²) in [6.07, 6.45) is 11.9. The summed E-state index contributed by atoms with van der Waals surface area (Å²) >= 11 is 0. The van der Waals surface area contributed by atoms with Crippen LogP contribution in [-0.4, -0.2) is 44.2 Å². The van der Waals surface area contributed by atoms with Gasteiger partial charge in [-0.05, 0) is 43.7 Å². The number of rotatable bonds is 6. The number of halogens is 1. The highest BCUT2D eigenvalue weighted by atomic mass is 19.1. The van der Waals surface area contributed by atoms with Crippen molar-refractivity contribution in [3.05, 3.63) is 52.8 Å². The molecule has 1 spiro atoms. The van der Waals surface area contributed by atoms with Crippen molar-refractivity contribution in [2.75, 3.05) is 13.1 Å². The maximum atomic E-state index is 14.2. The van der Waals surface area contributed by atoms with Crippen molar-refractivity contribution in [2.24, 2.45) is 17.3 Å². The van der Waals surface area contributed by atoms with E-state index in [2.05, 4.69) is 11.9 Å². The quantitative estimate of drug-likeness (QED) is 0.625. The molecule has 2 heterocycles. The van der Waals surface area contributed by atoms with Gasteiger partial charge in [0.05, 0.1) is 24.2 Å². The number of aromatic nitrogens is 2. The van der Waals surface area contributed by atoms with Crippen LogP contribution in [0.4, 0.5) is 4.39 Å². The van der Waals surface area contributed by atoms with Gasteiger partial charge < -0.3 is 10.0 Å². The number of nitrogens with zero attached hydrogens (tertiary/aromatic N) is 3. The Hall–Kier alpha value is -2.54. The number of hydrogen-bond donors (Lipinski definition) is 1. The standard InChI is InChI=1S/C29H38FN3O3/c1-21(16-22-8-3-2-4-9-22)27(35)32-15-14-29(36,28(18-32)12-7-13-28)19-33-20-31-25(17-26(33)34)23-10-5-6-11-24(23)30/h5-6,10-11,17,20-22,36H,2-4,7-9,12-16,18-19H2,1H3/t21?,29-/m1/s1. The predicted molar refractivity (Wildman–Crippen MR) is 137 cm³/mol. The molecule has 1 N–H and O–H groups in total. The molecule has 0 bridgehead atoms. The molecule has 1 unspecified atom stereocenters. The van der Waals surface area contributed by atoms with E-state index in [0.29, 0.717) is 25.4 Å². The highest BCUT2D eigenvalue weighted by molar-refractivity contribution is 5.78. The molecule has 2 atom stereocenters. The normalized spacial score (nSPS) is 24.9. The first-order valence-corrected chi connectivity index (χ1v) is 13.6. The van der Waals surface area contributed by atoms with E-state index in [0.717, 1.165) is 25.7 Å². The van der Waals surface area contributed by atoms with Crippen molar-refractivity contribution in [3.63, 3.8) is 0 Å². The average Bonchev–Trinajstić information content (AvgIpc) is 2.85. The van der Waals surface area contributed by atoms with Gasteiger partial charge in [-0.1, -0.05) is 57.6 Å². The summed E-state index contributed by atoms with van der Waals surface area (Å²) in [7, 11) is 0. The van der Waals surface area contributed by atoms with Gasteiger partial charge in [0, 0.05) is 36.1 Å². The van der Waals surface area contributed by atoms with Crippen LogP contribution in [0.25, 0.3) is 11.3 Å². The van der Waals surface area contributed by atoms with Crippen molar-refractivity contribution < 1.29 is 14.3 Å². The molecule has 2 saturated carbocycles. The van der Waals surface area contributed by atoms with Crippen molar-refractivity contribution in [1.82, 2.24) is 14.5 Å². The van der Waals surface area contributed by atoms with Gasteiger partial charge in [0.25, 0.3) is 5.56 Å². The average molecular weight is 496 g/mol. The van der Waals surface area contributed by atoms with Gasteiger partial charge in [-0.25, -0.2) is 9.37 Å². The fourth-order valence-electron chi connectivity index (χ4n) is 6.82. The maximum absolute atomic E-state index is 14.2. The zero-order valence-corrected chi connectivity index (χ0v) is 21.3. The smallest absolute Gasteiger partial charge is 0.253 e. The molecule has 5 rings (SSSR count). The lowest BCUT2D eigenvalue weighted by Gasteiger charge is -2.58. The largest absolute Gasteiger partial charge is 0.387 e. The van der Waals surface area contributed by atoms with Crippen molar-refractivity contribution in [2.45, 2.75) is 83.3 Å². The highest BCUT2D eigenvalue weighted by Gasteiger charge is 2.57. The van der Waals surface area contributed by atoms with Crippen LogP contribution < -0.4 is 5.56 Å². The fraction of sp³-hybridized carbons (Fsp3) is 0.621. The van der Waals surface area contributed by atoms with Gasteiger partial charge in [-0.15, -0.1) is 0 Å². The van der Waals surface area contributed by atoms with Gasteiger partial charge in [-0.2, -0.15) is 0 Å². The lowest BCUT2D eigenvalue weighted by Crippen LogP contribution is -2.66. The number of amides is 1. The second-order valence-electron chi connectivity index (χ2n) is 11.5. The summed E-state index contributed by atoms with van der Waals surface area (Å²) in [4.78, 5) is 32.6. The van der Waals surface area contributed by atoms with E-state index >= 15 is 0 Å². The Morgan fingerprint density at radius 1 is 1.17 bits per heavy atom. The second-order valence-corrected chi connectivity index (χ2v) is 11.5. The van der Waals surface area contributed by atoms with Gasteiger partial charge in [0.1, 0.15) is 5.82 Å². The van der Waals surface area contributed by atoms with Crippen molar-refractivity contribution in [3.8, 4) is 11.3 Å². The van der Waals surface area contributed by atoms with Crippen LogP contribution in [0.1, 0.15) is 71.1 Å². The number of hydrogen-bond acceptors (Lipinski definition) is 4. The van der Waals surface area contributed by atoms with E-state index < -0.39 is 16.8 Å². The van der Waals surface area contributed by atoms with Crippen LogP contribution in [0, 0.1) is 23.1 Å². The Morgan fingerprint density at radius 2 is 1.92 bits per heavy atom. The number of piperidine rings is 1. The van der Waals surface area contributed by atoms with E-state index in [1.807, 2.05) is 4.90 Å². The molecular weight excluding hydrogens is 457 g/mol. The lowest BCUT2D eigenvalue weighted by atomic mass is 9.55. The molecule has 36 heavy (non-hydrogen) atoms. The molecule has 1 aliphatic heterocycles. The van der Waals surface area contributed by atoms with Gasteiger partial charge >= 0.3 is 0 Å². The van der Waals surface area contributed by atoms with Crippen LogP contribution in [0.15, 0.2) is 41.5 Å². The summed E-state index contributed by atoms with van der Waals surface area (Å²) in [6, 6.07) is 7.58. The molecule has 1 amide bonds. The minimum absolute atomic E-state index is 0.00849. The summed E-state index contributed by atoms with van der Waals surface area (Å²) in [5, 5.41) is 11.9. The maximum Gasteiger partial charge on any atom is 0.253 e. The molecule has 7 heteroatoms. The third-order valence-corrected chi connectivity index (χ3v) is 9.19. The van der Waals surface area contributed by atoms with Crippen LogP contribution >= 0.6 is 0 Å². The summed E-state index contributed by atoms with van der Waals surface area (Å²) < 4.78 is 15.6. The lowest BCUT2D eigenvalue weighted by molar-refractivity contribution is -0.187. The first-order valence-electron chi connectivity index (χ1n) is 13.6. The first-order chi connectivity index (χ1) is 17.3. The van der Waals surface area contributed by atoms with E-state index in [4.69, 9.17) is 0 Å². The van der Waals surface area contributed by atoms with E-state index in [-0.39, 0.29) is 35.2 Å². The van der Waals surface area contributed by atoms with Gasteiger partial charge in [0.15, 0.2) is 0 Å². The molecule has 3 aliphatic rings. The minimum atomic E-state index is -1.08. The summed E-state index contributed by atoms with van der Waals surface area (Å²) in [5.74, 6) is 0.448. The van der Waals surface area contributed by atoms with Crippen LogP contribution in [0.3, 0.4) is 0 Å². The van der Waals surface area contributed by atoms with Gasteiger partial charge in [0.2, 0.25) is 5.91 Å². The summed E-state index contributed by atoms with van der Waals surface area (Å²) in [6.45, 7) is 3.25. The van der Waals surface area contributed by atoms with Crippen LogP contribution in [-0.2, 0) is 11.3 Å².